The maximum atomic E-state index is 12.7. The smallest absolute Gasteiger partial charge is 0.348 e. The fourth-order valence-electron chi connectivity index (χ4n) is 2.94. The Morgan fingerprint density at radius 3 is 2.30 bits per heavy atom. The van der Waals surface area contributed by atoms with Crippen molar-refractivity contribution >= 4 is 39.9 Å². The van der Waals surface area contributed by atoms with Crippen molar-refractivity contribution in [3.63, 3.8) is 0 Å². The zero-order chi connectivity index (χ0) is 22.7. The van der Waals surface area contributed by atoms with E-state index in [1.165, 1.54) is 25.8 Å². The van der Waals surface area contributed by atoms with Crippen LogP contribution >= 0.6 is 11.3 Å². The lowest BCUT2D eigenvalue weighted by Gasteiger charge is -2.13. The molecule has 1 amide bonds. The van der Waals surface area contributed by atoms with Crippen molar-refractivity contribution in [1.29, 1.82) is 0 Å². The molecule has 1 atom stereocenters. The molecule has 0 bridgehead atoms. The van der Waals surface area contributed by atoms with E-state index in [4.69, 9.17) is 9.47 Å². The summed E-state index contributed by atoms with van der Waals surface area (Å²) in [4.78, 5) is 47.7. The number of nitrogens with zero attached hydrogens (tertiary/aromatic N) is 3. The Morgan fingerprint density at radius 2 is 1.80 bits per heavy atom. The number of anilines is 1. The van der Waals surface area contributed by atoms with E-state index in [0.717, 1.165) is 11.3 Å². The number of methoxy groups -OCH3 is 2. The average molecular weight is 438 g/mol. The van der Waals surface area contributed by atoms with Crippen LogP contribution in [0.1, 0.15) is 43.9 Å². The van der Waals surface area contributed by atoms with Gasteiger partial charge in [-0.3, -0.25) is 19.6 Å². The molecule has 0 aromatic carbocycles. The second-order valence-corrected chi connectivity index (χ2v) is 7.61. The SMILES string of the molecule is COC(=O)c1sc(NC(=O)C(C)Cn2nc(C)c([N+](=O)[O-])c2C)c(C(=O)OC)c1C. The fourth-order valence-corrected chi connectivity index (χ4v) is 4.06. The van der Waals surface area contributed by atoms with Crippen molar-refractivity contribution < 1.29 is 28.8 Å². The molecular formula is C18H22N4O7S. The lowest BCUT2D eigenvalue weighted by molar-refractivity contribution is -0.386. The van der Waals surface area contributed by atoms with E-state index in [-0.39, 0.29) is 33.4 Å². The highest BCUT2D eigenvalue weighted by atomic mass is 32.1. The number of nitro groups is 1. The predicted octanol–water partition coefficient (Wildman–Crippen LogP) is 2.63. The molecule has 2 aromatic rings. The van der Waals surface area contributed by atoms with Gasteiger partial charge in [0, 0.05) is 0 Å². The molecule has 2 aromatic heterocycles. The molecule has 11 nitrogen and oxygen atoms in total. The molecule has 0 spiro atoms. The van der Waals surface area contributed by atoms with Gasteiger partial charge < -0.3 is 14.8 Å². The van der Waals surface area contributed by atoms with Crippen LogP contribution in [0.3, 0.4) is 0 Å². The average Bonchev–Trinajstić information content (AvgIpc) is 3.15. The first-order valence-electron chi connectivity index (χ1n) is 8.82. The number of aromatic nitrogens is 2. The van der Waals surface area contributed by atoms with Crippen LogP contribution in [0.15, 0.2) is 0 Å². The van der Waals surface area contributed by atoms with Gasteiger partial charge in [0.25, 0.3) is 0 Å². The van der Waals surface area contributed by atoms with E-state index in [9.17, 15) is 24.5 Å². The summed E-state index contributed by atoms with van der Waals surface area (Å²) in [7, 11) is 2.41. The van der Waals surface area contributed by atoms with Crippen LogP contribution in [0.25, 0.3) is 0 Å². The third-order valence-corrected chi connectivity index (χ3v) is 5.75. The van der Waals surface area contributed by atoms with E-state index >= 15 is 0 Å². The first-order valence-corrected chi connectivity index (χ1v) is 9.64. The Labute approximate surface area is 176 Å². The van der Waals surface area contributed by atoms with Gasteiger partial charge in [-0.1, -0.05) is 6.92 Å². The number of aryl methyl sites for hydroxylation is 1. The van der Waals surface area contributed by atoms with Crippen molar-refractivity contribution in [3.8, 4) is 0 Å². The van der Waals surface area contributed by atoms with Crippen LogP contribution < -0.4 is 5.32 Å². The van der Waals surface area contributed by atoms with Gasteiger partial charge in [0.2, 0.25) is 5.91 Å². The Kier molecular flexibility index (Phi) is 6.92. The number of esters is 2. The van der Waals surface area contributed by atoms with Crippen LogP contribution in [-0.2, 0) is 20.8 Å². The van der Waals surface area contributed by atoms with E-state index in [1.807, 2.05) is 0 Å². The molecule has 0 radical (unpaired) electrons. The summed E-state index contributed by atoms with van der Waals surface area (Å²) in [5.41, 5.74) is 0.926. The first kappa shape index (κ1) is 23.0. The Balaban J connectivity index is 2.29. The molecular weight excluding hydrogens is 416 g/mol. The van der Waals surface area contributed by atoms with E-state index < -0.39 is 28.7 Å². The minimum Gasteiger partial charge on any atom is -0.465 e. The highest BCUT2D eigenvalue weighted by Crippen LogP contribution is 2.34. The fraction of sp³-hybridized carbons (Fsp3) is 0.444. The third-order valence-electron chi connectivity index (χ3n) is 4.56. The van der Waals surface area contributed by atoms with E-state index in [0.29, 0.717) is 11.3 Å². The minimum atomic E-state index is -0.698. The summed E-state index contributed by atoms with van der Waals surface area (Å²) in [5.74, 6) is -2.42. The summed E-state index contributed by atoms with van der Waals surface area (Å²) in [6.07, 6.45) is 0. The second kappa shape index (κ2) is 9.03. The molecule has 0 saturated heterocycles. The first-order chi connectivity index (χ1) is 14.0. The van der Waals surface area contributed by atoms with Crippen LogP contribution in [0.2, 0.25) is 0 Å². The van der Waals surface area contributed by atoms with Gasteiger partial charge in [-0.15, -0.1) is 11.3 Å². The summed E-state index contributed by atoms with van der Waals surface area (Å²) in [6, 6.07) is 0. The molecule has 1 N–H and O–H groups in total. The zero-order valence-electron chi connectivity index (χ0n) is 17.4. The molecule has 0 aliphatic carbocycles. The maximum Gasteiger partial charge on any atom is 0.348 e. The lowest BCUT2D eigenvalue weighted by atomic mass is 10.1. The molecule has 1 unspecified atom stereocenters. The Hall–Kier alpha value is -3.28. The third kappa shape index (κ3) is 4.32. The van der Waals surface area contributed by atoms with Crippen LogP contribution in [-0.4, -0.2) is 46.8 Å². The number of carbonyl (C=O) groups is 3. The van der Waals surface area contributed by atoms with Crippen molar-refractivity contribution in [2.75, 3.05) is 19.5 Å². The summed E-state index contributed by atoms with van der Waals surface area (Å²) < 4.78 is 10.9. The molecule has 162 valence electrons. The lowest BCUT2D eigenvalue weighted by Crippen LogP contribution is -2.25. The van der Waals surface area contributed by atoms with Gasteiger partial charge in [0.15, 0.2) is 0 Å². The van der Waals surface area contributed by atoms with Gasteiger partial charge in [0.05, 0.1) is 37.2 Å². The zero-order valence-corrected chi connectivity index (χ0v) is 18.2. The van der Waals surface area contributed by atoms with Gasteiger partial charge in [-0.05, 0) is 26.3 Å². The van der Waals surface area contributed by atoms with Crippen molar-refractivity contribution in [3.05, 3.63) is 37.5 Å². The van der Waals surface area contributed by atoms with Crippen LogP contribution in [0.5, 0.6) is 0 Å². The molecule has 12 heteroatoms. The number of carbonyl (C=O) groups excluding carboxylic acids is 3. The summed E-state index contributed by atoms with van der Waals surface area (Å²) in [5, 5.41) is 18.1. The van der Waals surface area contributed by atoms with Gasteiger partial charge in [-0.25, -0.2) is 9.59 Å². The van der Waals surface area contributed by atoms with Crippen molar-refractivity contribution in [1.82, 2.24) is 9.78 Å². The van der Waals surface area contributed by atoms with Gasteiger partial charge >= 0.3 is 17.6 Å². The number of rotatable bonds is 7. The summed E-state index contributed by atoms with van der Waals surface area (Å²) >= 11 is 0.909. The molecule has 0 saturated carbocycles. The number of thiophene rings is 1. The molecule has 2 heterocycles. The standard InChI is InChI=1S/C18H22N4O7S/c1-8(7-21-11(4)13(22(26)27)10(3)20-21)15(23)19-16-12(17(24)28-5)9(2)14(30-16)18(25)29-6/h8H,7H2,1-6H3,(H,19,23). The number of hydrogen-bond acceptors (Lipinski definition) is 9. The van der Waals surface area contributed by atoms with E-state index in [2.05, 4.69) is 10.4 Å². The van der Waals surface area contributed by atoms with E-state index in [1.54, 1.807) is 20.8 Å². The summed E-state index contributed by atoms with van der Waals surface area (Å²) in [6.45, 7) is 6.36. The number of hydrogen-bond donors (Lipinski definition) is 1. The second-order valence-electron chi connectivity index (χ2n) is 6.59. The van der Waals surface area contributed by atoms with Gasteiger partial charge in [-0.2, -0.15) is 5.10 Å². The normalized spacial score (nSPS) is 11.7. The number of ether oxygens (including phenoxy) is 2. The largest absolute Gasteiger partial charge is 0.465 e. The maximum absolute atomic E-state index is 12.7. The quantitative estimate of drug-likeness (QED) is 0.395. The van der Waals surface area contributed by atoms with Gasteiger partial charge in [0.1, 0.15) is 21.3 Å². The highest BCUT2D eigenvalue weighted by molar-refractivity contribution is 7.18. The molecule has 30 heavy (non-hydrogen) atoms. The highest BCUT2D eigenvalue weighted by Gasteiger charge is 2.29. The van der Waals surface area contributed by atoms with Crippen molar-refractivity contribution in [2.45, 2.75) is 34.2 Å². The monoisotopic (exact) mass is 438 g/mol. The molecule has 0 aliphatic rings. The Morgan fingerprint density at radius 1 is 1.20 bits per heavy atom. The predicted molar refractivity (Wildman–Crippen MR) is 108 cm³/mol. The van der Waals surface area contributed by atoms with Crippen molar-refractivity contribution in [2.24, 2.45) is 5.92 Å². The molecule has 2 rings (SSSR count). The minimum absolute atomic E-state index is 0.0743. The van der Waals surface area contributed by atoms with Crippen LogP contribution in [0.4, 0.5) is 10.7 Å². The molecule has 0 fully saturated rings. The Bertz CT molecular complexity index is 1020. The number of amides is 1. The topological polar surface area (TPSA) is 143 Å². The van der Waals surface area contributed by atoms with Crippen LogP contribution in [0, 0.1) is 36.8 Å². The number of nitrogens with one attached hydrogen (secondary N) is 1. The molecule has 0 aliphatic heterocycles.